The summed E-state index contributed by atoms with van der Waals surface area (Å²) in [6, 6.07) is 14.8. The molecule has 0 aliphatic heterocycles. The molecule has 3 rings (SSSR count). The number of aryl methyl sites for hydroxylation is 2. The van der Waals surface area contributed by atoms with Gasteiger partial charge in [0.15, 0.2) is 11.0 Å². The fourth-order valence-electron chi connectivity index (χ4n) is 3.43. The highest BCUT2D eigenvalue weighted by atomic mass is 32.2. The maximum Gasteiger partial charge on any atom is 0.251 e. The minimum Gasteiger partial charge on any atom is -0.342 e. The van der Waals surface area contributed by atoms with Gasteiger partial charge in [-0.25, -0.2) is 0 Å². The highest BCUT2D eigenvalue weighted by Gasteiger charge is 2.20. The van der Waals surface area contributed by atoms with E-state index in [1.165, 1.54) is 11.8 Å². The molecule has 0 aliphatic rings. The van der Waals surface area contributed by atoms with Crippen LogP contribution in [0.5, 0.6) is 0 Å². The first-order valence-corrected chi connectivity index (χ1v) is 11.8. The van der Waals surface area contributed by atoms with Crippen LogP contribution in [-0.2, 0) is 17.8 Å². The Hall–Kier alpha value is -3.39. The number of allylic oxidation sites excluding steroid dienone is 1. The van der Waals surface area contributed by atoms with Gasteiger partial charge < -0.3 is 15.2 Å². The number of carbonyl (C=O) groups is 2. The number of nitrogens with zero attached hydrogens (tertiary/aromatic N) is 3. The molecule has 33 heavy (non-hydrogen) atoms. The first-order valence-electron chi connectivity index (χ1n) is 10.8. The van der Waals surface area contributed by atoms with E-state index in [2.05, 4.69) is 34.3 Å². The van der Waals surface area contributed by atoms with Crippen LogP contribution in [0.4, 0.5) is 5.69 Å². The van der Waals surface area contributed by atoms with Gasteiger partial charge in [0.2, 0.25) is 5.91 Å². The highest BCUT2D eigenvalue weighted by molar-refractivity contribution is 7.99. The van der Waals surface area contributed by atoms with Crippen LogP contribution < -0.4 is 10.6 Å². The molecule has 0 radical (unpaired) electrons. The summed E-state index contributed by atoms with van der Waals surface area (Å²) in [7, 11) is 0. The number of thioether (sulfide) groups is 1. The number of hydrogen-bond donors (Lipinski definition) is 2. The number of nitrogens with one attached hydrogen (secondary N) is 2. The molecule has 0 aliphatic carbocycles. The number of anilines is 1. The lowest BCUT2D eigenvalue weighted by Crippen LogP contribution is -2.29. The van der Waals surface area contributed by atoms with Crippen LogP contribution in [0, 0.1) is 6.92 Å². The van der Waals surface area contributed by atoms with Crippen LogP contribution in [0.15, 0.2) is 66.3 Å². The van der Waals surface area contributed by atoms with Crippen LogP contribution in [0.1, 0.15) is 47.2 Å². The molecule has 0 saturated heterocycles. The fourth-order valence-corrected chi connectivity index (χ4v) is 4.18. The lowest BCUT2D eigenvalue weighted by molar-refractivity contribution is -0.113. The summed E-state index contributed by atoms with van der Waals surface area (Å²) in [6.45, 7) is 10.1. The molecule has 2 amide bonds. The second kappa shape index (κ2) is 11.5. The Kier molecular flexibility index (Phi) is 8.43. The van der Waals surface area contributed by atoms with Crippen molar-refractivity contribution >= 4 is 29.3 Å². The minimum atomic E-state index is -0.370. The molecule has 2 aromatic carbocycles. The molecule has 3 aromatic rings. The summed E-state index contributed by atoms with van der Waals surface area (Å²) in [6.07, 6.45) is 2.58. The van der Waals surface area contributed by atoms with Gasteiger partial charge in [0.05, 0.1) is 11.8 Å². The lowest BCUT2D eigenvalue weighted by Gasteiger charge is -2.15. The van der Waals surface area contributed by atoms with Crippen LogP contribution >= 0.6 is 11.8 Å². The zero-order valence-electron chi connectivity index (χ0n) is 19.2. The van der Waals surface area contributed by atoms with Crippen LogP contribution in [0.25, 0.3) is 0 Å². The topological polar surface area (TPSA) is 88.9 Å². The Balaban J connectivity index is 1.67. The van der Waals surface area contributed by atoms with Gasteiger partial charge in [-0.1, -0.05) is 60.7 Å². The third-order valence-corrected chi connectivity index (χ3v) is 6.04. The van der Waals surface area contributed by atoms with Gasteiger partial charge in [0.25, 0.3) is 5.91 Å². The SMILES string of the molecule is C=CCn1c(SCC(=O)Nc2ccccc2CC)nnc1[C@@H](C)NC(=O)c1cccc(C)c1. The maximum absolute atomic E-state index is 12.7. The first kappa shape index (κ1) is 24.3. The first-order chi connectivity index (χ1) is 15.9. The molecule has 8 heteroatoms. The van der Waals surface area contributed by atoms with Gasteiger partial charge in [0, 0.05) is 17.8 Å². The van der Waals surface area contributed by atoms with Gasteiger partial charge in [-0.05, 0) is 44.0 Å². The summed E-state index contributed by atoms with van der Waals surface area (Å²) in [5.74, 6) is 0.506. The number of rotatable bonds is 10. The Labute approximate surface area is 198 Å². The average molecular weight is 464 g/mol. The van der Waals surface area contributed by atoms with Crippen molar-refractivity contribution < 1.29 is 9.59 Å². The molecule has 0 unspecified atom stereocenters. The van der Waals surface area contributed by atoms with Crippen molar-refractivity contribution in [2.75, 3.05) is 11.1 Å². The molecule has 0 bridgehead atoms. The van der Waals surface area contributed by atoms with E-state index < -0.39 is 0 Å². The lowest BCUT2D eigenvalue weighted by atomic mass is 10.1. The van der Waals surface area contributed by atoms with Crippen molar-refractivity contribution in [2.45, 2.75) is 44.9 Å². The van der Waals surface area contributed by atoms with Crippen LogP contribution in [-0.4, -0.2) is 32.3 Å². The third kappa shape index (κ3) is 6.32. The monoisotopic (exact) mass is 463 g/mol. The molecule has 7 nitrogen and oxygen atoms in total. The van der Waals surface area contributed by atoms with E-state index in [0.29, 0.717) is 23.1 Å². The summed E-state index contributed by atoms with van der Waals surface area (Å²) in [5, 5.41) is 15.1. The van der Waals surface area contributed by atoms with E-state index in [-0.39, 0.29) is 23.6 Å². The molecular formula is C25H29N5O2S. The van der Waals surface area contributed by atoms with Crippen molar-refractivity contribution in [3.05, 3.63) is 83.7 Å². The molecule has 1 heterocycles. The summed E-state index contributed by atoms with van der Waals surface area (Å²) >= 11 is 1.30. The Morgan fingerprint density at radius 3 is 2.70 bits per heavy atom. The number of carbonyl (C=O) groups excluding carboxylic acids is 2. The zero-order chi connectivity index (χ0) is 23.8. The summed E-state index contributed by atoms with van der Waals surface area (Å²) in [4.78, 5) is 25.2. The second-order valence-electron chi connectivity index (χ2n) is 7.65. The van der Waals surface area contributed by atoms with Gasteiger partial charge >= 0.3 is 0 Å². The Morgan fingerprint density at radius 1 is 1.18 bits per heavy atom. The standard InChI is InChI=1S/C25H29N5O2S/c1-5-14-30-23(18(4)26-24(32)20-12-9-10-17(3)15-20)28-29-25(30)33-16-22(31)27-21-13-8-7-11-19(21)6-2/h5,7-13,15,18H,1,6,14,16H2,2-4H3,(H,26,32)(H,27,31)/t18-/m1/s1. The Bertz CT molecular complexity index is 1140. The normalized spacial score (nSPS) is 11.6. The second-order valence-corrected chi connectivity index (χ2v) is 8.59. The highest BCUT2D eigenvalue weighted by Crippen LogP contribution is 2.22. The van der Waals surface area contributed by atoms with Crippen molar-refractivity contribution in [1.82, 2.24) is 20.1 Å². The summed E-state index contributed by atoms with van der Waals surface area (Å²) in [5.41, 5.74) is 3.52. The van der Waals surface area contributed by atoms with E-state index in [4.69, 9.17) is 0 Å². The van der Waals surface area contributed by atoms with E-state index in [1.807, 2.05) is 60.9 Å². The number of amides is 2. The van der Waals surface area contributed by atoms with Gasteiger partial charge in [0.1, 0.15) is 0 Å². The molecule has 2 N–H and O–H groups in total. The number of hydrogen-bond acceptors (Lipinski definition) is 5. The quantitative estimate of drug-likeness (QED) is 0.340. The van der Waals surface area contributed by atoms with Gasteiger partial charge in [-0.2, -0.15) is 0 Å². The molecule has 1 atom stereocenters. The van der Waals surface area contributed by atoms with Crippen LogP contribution in [0.3, 0.4) is 0 Å². The predicted octanol–water partition coefficient (Wildman–Crippen LogP) is 4.56. The maximum atomic E-state index is 12.7. The van der Waals surface area contributed by atoms with E-state index >= 15 is 0 Å². The molecule has 0 saturated carbocycles. The van der Waals surface area contributed by atoms with E-state index in [0.717, 1.165) is 23.2 Å². The average Bonchev–Trinajstić information content (AvgIpc) is 3.21. The molecular weight excluding hydrogens is 434 g/mol. The van der Waals surface area contributed by atoms with Crippen molar-refractivity contribution in [2.24, 2.45) is 0 Å². The van der Waals surface area contributed by atoms with Crippen molar-refractivity contribution in [3.63, 3.8) is 0 Å². The zero-order valence-corrected chi connectivity index (χ0v) is 20.0. The largest absolute Gasteiger partial charge is 0.342 e. The van der Waals surface area contributed by atoms with Crippen molar-refractivity contribution in [1.29, 1.82) is 0 Å². The number of aromatic nitrogens is 3. The summed E-state index contributed by atoms with van der Waals surface area (Å²) < 4.78 is 1.87. The Morgan fingerprint density at radius 2 is 1.97 bits per heavy atom. The minimum absolute atomic E-state index is 0.114. The van der Waals surface area contributed by atoms with Crippen molar-refractivity contribution in [3.8, 4) is 0 Å². The van der Waals surface area contributed by atoms with E-state index in [1.54, 1.807) is 12.1 Å². The molecule has 0 spiro atoms. The van der Waals surface area contributed by atoms with Gasteiger partial charge in [-0.15, -0.1) is 16.8 Å². The number of para-hydroxylation sites is 1. The number of benzene rings is 2. The molecule has 0 fully saturated rings. The fraction of sp³-hybridized carbons (Fsp3) is 0.280. The van der Waals surface area contributed by atoms with Gasteiger partial charge in [-0.3, -0.25) is 9.59 Å². The smallest absolute Gasteiger partial charge is 0.251 e. The third-order valence-electron chi connectivity index (χ3n) is 5.08. The molecule has 1 aromatic heterocycles. The van der Waals surface area contributed by atoms with E-state index in [9.17, 15) is 9.59 Å². The molecule has 172 valence electrons. The predicted molar refractivity (Wildman–Crippen MR) is 132 cm³/mol. The van der Waals surface area contributed by atoms with Crippen LogP contribution in [0.2, 0.25) is 0 Å².